The molecule has 0 unspecified atom stereocenters. The van der Waals surface area contributed by atoms with Crippen molar-refractivity contribution in [2.24, 2.45) is 0 Å². The van der Waals surface area contributed by atoms with Gasteiger partial charge in [0.25, 0.3) is 0 Å². The fourth-order valence-electron chi connectivity index (χ4n) is 2.23. The summed E-state index contributed by atoms with van der Waals surface area (Å²) in [5.74, 6) is 0.518. The van der Waals surface area contributed by atoms with E-state index in [-0.39, 0.29) is 6.03 Å². The molecule has 23 heavy (non-hydrogen) atoms. The molecule has 2 amide bonds. The quantitative estimate of drug-likeness (QED) is 0.784. The number of hydrogen-bond acceptors (Lipinski definition) is 3. The lowest BCUT2D eigenvalue weighted by Crippen LogP contribution is -2.34. The van der Waals surface area contributed by atoms with E-state index < -0.39 is 0 Å². The van der Waals surface area contributed by atoms with Crippen LogP contribution in [0.3, 0.4) is 0 Å². The SMILES string of the molecule is CCN(Cc1ccoc1)C(=O)Nc1ccn(-c2ccccc2)n1. The number of benzene rings is 1. The standard InChI is InChI=1S/C17H18N4O2/c1-2-20(12-14-9-11-23-13-14)17(22)18-16-8-10-21(19-16)15-6-4-3-5-7-15/h3-11,13H,2,12H2,1H3,(H,18,19,22). The lowest BCUT2D eigenvalue weighted by molar-refractivity contribution is 0.212. The zero-order valence-corrected chi connectivity index (χ0v) is 12.8. The summed E-state index contributed by atoms with van der Waals surface area (Å²) in [7, 11) is 0. The van der Waals surface area contributed by atoms with Gasteiger partial charge in [-0.3, -0.25) is 5.32 Å². The van der Waals surface area contributed by atoms with E-state index in [1.165, 1.54) is 0 Å². The second kappa shape index (κ2) is 6.83. The summed E-state index contributed by atoms with van der Waals surface area (Å²) >= 11 is 0. The van der Waals surface area contributed by atoms with E-state index in [1.54, 1.807) is 28.2 Å². The molecule has 0 fully saturated rings. The number of carbonyl (C=O) groups excluding carboxylic acids is 1. The Morgan fingerprint density at radius 1 is 1.26 bits per heavy atom. The molecular formula is C17H18N4O2. The first-order valence-electron chi connectivity index (χ1n) is 7.44. The molecule has 0 spiro atoms. The van der Waals surface area contributed by atoms with Crippen LogP contribution in [0.2, 0.25) is 0 Å². The van der Waals surface area contributed by atoms with Crippen molar-refractivity contribution < 1.29 is 9.21 Å². The van der Waals surface area contributed by atoms with Gasteiger partial charge in [-0.05, 0) is 25.1 Å². The Morgan fingerprint density at radius 2 is 2.09 bits per heavy atom. The van der Waals surface area contributed by atoms with Gasteiger partial charge in [-0.25, -0.2) is 9.48 Å². The molecule has 0 saturated carbocycles. The van der Waals surface area contributed by atoms with Gasteiger partial charge in [0.1, 0.15) is 0 Å². The first-order valence-corrected chi connectivity index (χ1v) is 7.44. The number of hydrogen-bond donors (Lipinski definition) is 1. The van der Waals surface area contributed by atoms with Crippen LogP contribution < -0.4 is 5.32 Å². The van der Waals surface area contributed by atoms with Crippen molar-refractivity contribution in [1.82, 2.24) is 14.7 Å². The molecule has 0 aliphatic carbocycles. The fourth-order valence-corrected chi connectivity index (χ4v) is 2.23. The second-order valence-electron chi connectivity index (χ2n) is 5.06. The minimum Gasteiger partial charge on any atom is -0.472 e. The van der Waals surface area contributed by atoms with E-state index in [4.69, 9.17) is 4.42 Å². The lowest BCUT2D eigenvalue weighted by atomic mass is 10.3. The number of carbonyl (C=O) groups is 1. The lowest BCUT2D eigenvalue weighted by Gasteiger charge is -2.19. The van der Waals surface area contributed by atoms with Crippen LogP contribution in [0.4, 0.5) is 10.6 Å². The third kappa shape index (κ3) is 3.60. The van der Waals surface area contributed by atoms with Crippen molar-refractivity contribution in [2.45, 2.75) is 13.5 Å². The highest BCUT2D eigenvalue weighted by molar-refractivity contribution is 5.88. The van der Waals surface area contributed by atoms with Gasteiger partial charge >= 0.3 is 6.03 Å². The van der Waals surface area contributed by atoms with Crippen molar-refractivity contribution in [3.63, 3.8) is 0 Å². The number of aromatic nitrogens is 2. The van der Waals surface area contributed by atoms with E-state index >= 15 is 0 Å². The van der Waals surface area contributed by atoms with Crippen LogP contribution in [0.5, 0.6) is 0 Å². The van der Waals surface area contributed by atoms with Crippen molar-refractivity contribution >= 4 is 11.8 Å². The first kappa shape index (κ1) is 14.9. The van der Waals surface area contributed by atoms with Crippen LogP contribution in [-0.4, -0.2) is 27.3 Å². The summed E-state index contributed by atoms with van der Waals surface area (Å²) in [6.45, 7) is 3.02. The summed E-state index contributed by atoms with van der Waals surface area (Å²) in [6, 6.07) is 13.2. The molecule has 118 valence electrons. The maximum Gasteiger partial charge on any atom is 0.323 e. The summed E-state index contributed by atoms with van der Waals surface area (Å²) in [5, 5.41) is 7.19. The molecule has 0 saturated heterocycles. The van der Waals surface area contributed by atoms with Crippen LogP contribution in [0.15, 0.2) is 65.6 Å². The maximum absolute atomic E-state index is 12.4. The molecule has 3 aromatic rings. The molecule has 1 aromatic carbocycles. The average Bonchev–Trinajstić information content (AvgIpc) is 3.25. The largest absolute Gasteiger partial charge is 0.472 e. The Bertz CT molecular complexity index is 750. The van der Waals surface area contributed by atoms with Gasteiger partial charge in [0.15, 0.2) is 5.82 Å². The van der Waals surface area contributed by atoms with Gasteiger partial charge in [0.05, 0.1) is 24.8 Å². The number of urea groups is 1. The number of para-hydroxylation sites is 1. The molecular weight excluding hydrogens is 292 g/mol. The fraction of sp³-hybridized carbons (Fsp3) is 0.176. The van der Waals surface area contributed by atoms with Gasteiger partial charge < -0.3 is 9.32 Å². The van der Waals surface area contributed by atoms with Crippen LogP contribution in [-0.2, 0) is 6.54 Å². The topological polar surface area (TPSA) is 63.3 Å². The summed E-state index contributed by atoms with van der Waals surface area (Å²) in [5.41, 5.74) is 1.90. The Labute approximate surface area is 134 Å². The van der Waals surface area contributed by atoms with Gasteiger partial charge in [0.2, 0.25) is 0 Å². The van der Waals surface area contributed by atoms with Gasteiger partial charge in [-0.15, -0.1) is 5.10 Å². The molecule has 6 nitrogen and oxygen atoms in total. The minimum absolute atomic E-state index is 0.188. The monoisotopic (exact) mass is 310 g/mol. The number of furan rings is 1. The van der Waals surface area contributed by atoms with Crippen LogP contribution in [0.1, 0.15) is 12.5 Å². The predicted molar refractivity (Wildman–Crippen MR) is 87.4 cm³/mol. The molecule has 0 atom stereocenters. The summed E-state index contributed by atoms with van der Waals surface area (Å²) in [6.07, 6.45) is 5.06. The summed E-state index contributed by atoms with van der Waals surface area (Å²) < 4.78 is 6.76. The maximum atomic E-state index is 12.4. The molecule has 2 aromatic heterocycles. The van der Waals surface area contributed by atoms with Crippen molar-refractivity contribution in [3.8, 4) is 5.69 Å². The molecule has 1 N–H and O–H groups in total. The van der Waals surface area contributed by atoms with Crippen molar-refractivity contribution in [3.05, 3.63) is 66.8 Å². The van der Waals surface area contributed by atoms with Gasteiger partial charge in [0, 0.05) is 24.4 Å². The van der Waals surface area contributed by atoms with E-state index in [1.807, 2.05) is 49.5 Å². The summed E-state index contributed by atoms with van der Waals surface area (Å²) in [4.78, 5) is 14.0. The second-order valence-corrected chi connectivity index (χ2v) is 5.06. The third-order valence-electron chi connectivity index (χ3n) is 3.47. The number of nitrogens with zero attached hydrogens (tertiary/aromatic N) is 3. The van der Waals surface area contributed by atoms with Crippen LogP contribution in [0, 0.1) is 0 Å². The molecule has 0 aliphatic rings. The van der Waals surface area contributed by atoms with Crippen LogP contribution >= 0.6 is 0 Å². The number of anilines is 1. The minimum atomic E-state index is -0.188. The van der Waals surface area contributed by atoms with Crippen molar-refractivity contribution in [2.75, 3.05) is 11.9 Å². The molecule has 0 aliphatic heterocycles. The van der Waals surface area contributed by atoms with Crippen LogP contribution in [0.25, 0.3) is 5.69 Å². The Kier molecular flexibility index (Phi) is 4.42. The van der Waals surface area contributed by atoms with E-state index in [2.05, 4.69) is 10.4 Å². The number of nitrogens with one attached hydrogen (secondary N) is 1. The third-order valence-corrected chi connectivity index (χ3v) is 3.47. The zero-order valence-electron chi connectivity index (χ0n) is 12.8. The normalized spacial score (nSPS) is 10.5. The zero-order chi connectivity index (χ0) is 16.1. The molecule has 0 radical (unpaired) electrons. The Morgan fingerprint density at radius 3 is 2.78 bits per heavy atom. The van der Waals surface area contributed by atoms with Crippen molar-refractivity contribution in [1.29, 1.82) is 0 Å². The highest BCUT2D eigenvalue weighted by Crippen LogP contribution is 2.12. The first-order chi connectivity index (χ1) is 11.3. The molecule has 3 rings (SSSR count). The number of amides is 2. The average molecular weight is 310 g/mol. The highest BCUT2D eigenvalue weighted by Gasteiger charge is 2.14. The molecule has 0 bridgehead atoms. The van der Waals surface area contributed by atoms with E-state index in [9.17, 15) is 4.79 Å². The predicted octanol–water partition coefficient (Wildman–Crippen LogP) is 3.52. The smallest absolute Gasteiger partial charge is 0.323 e. The van der Waals surface area contributed by atoms with E-state index in [0.717, 1.165) is 11.3 Å². The van der Waals surface area contributed by atoms with E-state index in [0.29, 0.717) is 18.9 Å². The number of rotatable bonds is 5. The van der Waals surface area contributed by atoms with Gasteiger partial charge in [-0.1, -0.05) is 18.2 Å². The molecule has 6 heteroatoms. The molecule has 2 heterocycles. The van der Waals surface area contributed by atoms with Gasteiger partial charge in [-0.2, -0.15) is 0 Å². The Hall–Kier alpha value is -3.02. The Balaban J connectivity index is 1.66. The highest BCUT2D eigenvalue weighted by atomic mass is 16.3.